The Kier molecular flexibility index (Phi) is 6.27. The zero-order valence-corrected chi connectivity index (χ0v) is 22.5. The van der Waals surface area contributed by atoms with Gasteiger partial charge in [0.05, 0.1) is 18.5 Å². The predicted molar refractivity (Wildman–Crippen MR) is 157 cm³/mol. The first-order chi connectivity index (χ1) is 18.0. The number of rotatable bonds is 5. The number of aryl methyl sites for hydroxylation is 3. The van der Waals surface area contributed by atoms with Gasteiger partial charge in [-0.2, -0.15) is 0 Å². The third-order valence-electron chi connectivity index (χ3n) is 7.18. The first-order valence-electron chi connectivity index (χ1n) is 12.6. The molecule has 0 saturated carbocycles. The summed E-state index contributed by atoms with van der Waals surface area (Å²) in [6.07, 6.45) is 5.50. The Morgan fingerprint density at radius 1 is 0.919 bits per heavy atom. The van der Waals surface area contributed by atoms with Crippen molar-refractivity contribution in [1.82, 2.24) is 8.97 Å². The summed E-state index contributed by atoms with van der Waals surface area (Å²) in [5, 5.41) is 4.24. The van der Waals surface area contributed by atoms with E-state index >= 15 is 0 Å². The van der Waals surface area contributed by atoms with Gasteiger partial charge in [-0.05, 0) is 85.8 Å². The van der Waals surface area contributed by atoms with Gasteiger partial charge in [0.15, 0.2) is 0 Å². The van der Waals surface area contributed by atoms with Gasteiger partial charge in [0, 0.05) is 34.6 Å². The number of aromatic nitrogens is 2. The van der Waals surface area contributed by atoms with Crippen LogP contribution in [-0.2, 0) is 13.0 Å². The van der Waals surface area contributed by atoms with Crippen molar-refractivity contribution in [3.05, 3.63) is 101 Å². The van der Waals surface area contributed by atoms with Crippen LogP contribution in [0.3, 0.4) is 0 Å². The second-order valence-electron chi connectivity index (χ2n) is 9.57. The number of nitrogens with zero attached hydrogens (tertiary/aromatic N) is 2. The van der Waals surface area contributed by atoms with E-state index in [9.17, 15) is 0 Å². The molecule has 5 aromatic rings. The van der Waals surface area contributed by atoms with Crippen molar-refractivity contribution >= 4 is 40.1 Å². The molecular weight excluding hydrogens is 498 g/mol. The highest BCUT2D eigenvalue weighted by molar-refractivity contribution is 7.81. The van der Waals surface area contributed by atoms with E-state index in [0.717, 1.165) is 59.1 Å². The maximum absolute atomic E-state index is 6.27. The number of hydrogen-bond donors (Lipinski definition) is 1. The highest BCUT2D eigenvalue weighted by Gasteiger charge is 2.28. The van der Waals surface area contributed by atoms with Gasteiger partial charge >= 0.3 is 0 Å². The molecule has 0 unspecified atom stereocenters. The van der Waals surface area contributed by atoms with Crippen molar-refractivity contribution in [2.75, 3.05) is 12.4 Å². The van der Waals surface area contributed by atoms with E-state index in [0.29, 0.717) is 4.99 Å². The fourth-order valence-electron chi connectivity index (χ4n) is 5.36. The SMILES string of the molecule is COc1ccc(-c2cn3c(C(=S)Nc4ccc(C)cc4)c(-c4ccc(Cl)cc4)c4c3n2CCCC4)cc1. The fourth-order valence-corrected chi connectivity index (χ4v) is 5.80. The second kappa shape index (κ2) is 9.73. The Morgan fingerprint density at radius 3 is 2.32 bits per heavy atom. The largest absolute Gasteiger partial charge is 0.497 e. The van der Waals surface area contributed by atoms with Crippen LogP contribution >= 0.6 is 23.8 Å². The lowest BCUT2D eigenvalue weighted by Crippen LogP contribution is -2.14. The third-order valence-corrected chi connectivity index (χ3v) is 7.72. The molecule has 6 rings (SSSR count). The minimum atomic E-state index is 0.703. The van der Waals surface area contributed by atoms with Crippen LogP contribution in [0.25, 0.3) is 28.0 Å². The van der Waals surface area contributed by atoms with Gasteiger partial charge < -0.3 is 14.6 Å². The zero-order valence-electron chi connectivity index (χ0n) is 20.9. The highest BCUT2D eigenvalue weighted by Crippen LogP contribution is 2.40. The number of methoxy groups -OCH3 is 1. The number of benzene rings is 3. The fraction of sp³-hybridized carbons (Fsp3) is 0.194. The Labute approximate surface area is 227 Å². The first kappa shape index (κ1) is 23.8. The molecule has 0 spiro atoms. The molecule has 0 saturated heterocycles. The Bertz CT molecular complexity index is 1600. The van der Waals surface area contributed by atoms with Crippen LogP contribution in [-0.4, -0.2) is 21.1 Å². The van der Waals surface area contributed by atoms with Crippen molar-refractivity contribution < 1.29 is 4.74 Å². The van der Waals surface area contributed by atoms with E-state index in [-0.39, 0.29) is 0 Å². The number of anilines is 1. The Hall–Kier alpha value is -3.54. The maximum atomic E-state index is 6.27. The molecule has 37 heavy (non-hydrogen) atoms. The molecule has 0 aliphatic carbocycles. The molecule has 4 nitrogen and oxygen atoms in total. The quantitative estimate of drug-likeness (QED) is 0.235. The lowest BCUT2D eigenvalue weighted by atomic mass is 9.98. The van der Waals surface area contributed by atoms with Crippen molar-refractivity contribution in [2.24, 2.45) is 0 Å². The molecule has 1 aliphatic heterocycles. The summed E-state index contributed by atoms with van der Waals surface area (Å²) < 4.78 is 10.2. The normalized spacial score (nSPS) is 12.9. The van der Waals surface area contributed by atoms with Crippen molar-refractivity contribution in [3.8, 4) is 28.1 Å². The van der Waals surface area contributed by atoms with E-state index in [1.54, 1.807) is 7.11 Å². The Balaban J connectivity index is 1.58. The van der Waals surface area contributed by atoms with Crippen LogP contribution in [0.15, 0.2) is 79.0 Å². The maximum Gasteiger partial charge on any atom is 0.128 e. The predicted octanol–water partition coefficient (Wildman–Crippen LogP) is 8.17. The molecule has 0 radical (unpaired) electrons. The van der Waals surface area contributed by atoms with Gasteiger partial charge in [-0.3, -0.25) is 4.40 Å². The molecule has 3 aromatic carbocycles. The number of halogens is 1. The molecule has 1 aliphatic rings. The van der Waals surface area contributed by atoms with Gasteiger partial charge in [-0.25, -0.2) is 0 Å². The van der Waals surface area contributed by atoms with Crippen LogP contribution in [0, 0.1) is 6.92 Å². The summed E-state index contributed by atoms with van der Waals surface area (Å²) in [6, 6.07) is 24.8. The average molecular weight is 526 g/mol. The van der Waals surface area contributed by atoms with E-state index in [4.69, 9.17) is 28.6 Å². The van der Waals surface area contributed by atoms with Gasteiger partial charge in [0.1, 0.15) is 16.4 Å². The van der Waals surface area contributed by atoms with Crippen LogP contribution in [0.4, 0.5) is 5.69 Å². The summed E-state index contributed by atoms with van der Waals surface area (Å²) >= 11 is 12.4. The molecule has 2 aromatic heterocycles. The number of ether oxygens (including phenoxy) is 1. The number of nitrogens with one attached hydrogen (secondary N) is 1. The van der Waals surface area contributed by atoms with E-state index in [1.165, 1.54) is 28.0 Å². The van der Waals surface area contributed by atoms with Gasteiger partial charge in [-0.15, -0.1) is 0 Å². The van der Waals surface area contributed by atoms with Crippen LogP contribution in [0.5, 0.6) is 5.75 Å². The second-order valence-corrected chi connectivity index (χ2v) is 10.4. The molecule has 3 heterocycles. The van der Waals surface area contributed by atoms with Crippen LogP contribution in [0.2, 0.25) is 5.02 Å². The van der Waals surface area contributed by atoms with Crippen LogP contribution in [0.1, 0.15) is 29.7 Å². The smallest absolute Gasteiger partial charge is 0.128 e. The molecule has 0 bridgehead atoms. The molecular formula is C31H28ClN3OS. The number of imidazole rings is 1. The molecule has 0 atom stereocenters. The Morgan fingerprint density at radius 2 is 1.62 bits per heavy atom. The number of hydrogen-bond acceptors (Lipinski definition) is 2. The standard InChI is InChI=1S/C31H28ClN3OS/c1-20-6-14-24(15-7-20)33-30(37)29-28(22-8-12-23(32)13-9-22)26-5-3-4-18-34-27(19-35(29)31(26)34)21-10-16-25(36-2)17-11-21/h6-17,19H,3-5,18H2,1-2H3,(H,33,37). The molecule has 1 N–H and O–H groups in total. The summed E-state index contributed by atoms with van der Waals surface area (Å²) in [5.41, 5.74) is 10.4. The van der Waals surface area contributed by atoms with Crippen molar-refractivity contribution in [2.45, 2.75) is 32.7 Å². The molecule has 186 valence electrons. The summed E-state index contributed by atoms with van der Waals surface area (Å²) in [6.45, 7) is 3.05. The first-order valence-corrected chi connectivity index (χ1v) is 13.4. The minimum Gasteiger partial charge on any atom is -0.497 e. The highest BCUT2D eigenvalue weighted by atomic mass is 35.5. The lowest BCUT2D eigenvalue weighted by Gasteiger charge is -2.12. The lowest BCUT2D eigenvalue weighted by molar-refractivity contribution is 0.415. The summed E-state index contributed by atoms with van der Waals surface area (Å²) in [5.74, 6) is 0.854. The van der Waals surface area contributed by atoms with Gasteiger partial charge in [-0.1, -0.05) is 53.6 Å². The van der Waals surface area contributed by atoms with E-state index < -0.39 is 0 Å². The molecule has 6 heteroatoms. The van der Waals surface area contributed by atoms with Crippen molar-refractivity contribution in [1.29, 1.82) is 0 Å². The minimum absolute atomic E-state index is 0.703. The van der Waals surface area contributed by atoms with Crippen LogP contribution < -0.4 is 10.1 Å². The van der Waals surface area contributed by atoms with E-state index in [1.807, 2.05) is 24.3 Å². The van der Waals surface area contributed by atoms with E-state index in [2.05, 4.69) is 75.9 Å². The zero-order chi connectivity index (χ0) is 25.5. The van der Waals surface area contributed by atoms with Gasteiger partial charge in [0.2, 0.25) is 0 Å². The molecule has 0 fully saturated rings. The topological polar surface area (TPSA) is 30.6 Å². The summed E-state index contributed by atoms with van der Waals surface area (Å²) in [7, 11) is 1.70. The third kappa shape index (κ3) is 4.32. The van der Waals surface area contributed by atoms with Gasteiger partial charge in [0.25, 0.3) is 0 Å². The summed E-state index contributed by atoms with van der Waals surface area (Å²) in [4.78, 5) is 0.703. The monoisotopic (exact) mass is 525 g/mol. The average Bonchev–Trinajstić information content (AvgIpc) is 3.33. The molecule has 0 amide bonds. The number of thiocarbonyl (C=S) groups is 1. The van der Waals surface area contributed by atoms with Crippen molar-refractivity contribution in [3.63, 3.8) is 0 Å².